The number of anilines is 2. The summed E-state index contributed by atoms with van der Waals surface area (Å²) in [5, 5.41) is 17.3. The van der Waals surface area contributed by atoms with Crippen LogP contribution in [0.15, 0.2) is 48.5 Å². The number of nitrogens with zero attached hydrogens (tertiary/aromatic N) is 1. The van der Waals surface area contributed by atoms with E-state index in [0.717, 1.165) is 29.0 Å². The Bertz CT molecular complexity index is 1020. The van der Waals surface area contributed by atoms with Gasteiger partial charge in [0.2, 0.25) is 0 Å². The number of thiocarbonyl (C=S) groups is 1. The van der Waals surface area contributed by atoms with Gasteiger partial charge in [0.1, 0.15) is 0 Å². The zero-order valence-electron chi connectivity index (χ0n) is 23.4. The van der Waals surface area contributed by atoms with Crippen molar-refractivity contribution in [1.29, 1.82) is 0 Å². The summed E-state index contributed by atoms with van der Waals surface area (Å²) in [6.07, 6.45) is 6.52. The molecule has 2 aromatic rings. The monoisotopic (exact) mass is 539 g/mol. The molecular weight excluding hydrogens is 494 g/mol. The molecule has 0 bridgehead atoms. The number of nitrogens with one attached hydrogen (secondary N) is 2. The van der Waals surface area contributed by atoms with Gasteiger partial charge in [-0.25, -0.2) is 0 Å². The summed E-state index contributed by atoms with van der Waals surface area (Å²) in [6.45, 7) is 9.67. The fourth-order valence-electron chi connectivity index (χ4n) is 5.27. The average Bonchev–Trinajstić information content (AvgIpc) is 2.91. The molecule has 2 atom stereocenters. The van der Waals surface area contributed by atoms with E-state index in [9.17, 15) is 9.90 Å². The topological polar surface area (TPSA) is 73.8 Å². The van der Waals surface area contributed by atoms with E-state index < -0.39 is 0 Å². The molecule has 1 aliphatic carbocycles. The summed E-state index contributed by atoms with van der Waals surface area (Å²) in [4.78, 5) is 14.7. The van der Waals surface area contributed by atoms with Crippen molar-refractivity contribution in [2.75, 3.05) is 30.0 Å². The second-order valence-electron chi connectivity index (χ2n) is 10.8. The van der Waals surface area contributed by atoms with E-state index in [-0.39, 0.29) is 24.5 Å². The Balaban J connectivity index is 1.92. The summed E-state index contributed by atoms with van der Waals surface area (Å²) in [5.41, 5.74) is 4.08. The molecule has 1 unspecified atom stereocenters. The minimum Gasteiger partial charge on any atom is -0.466 e. The molecule has 0 aromatic heterocycles. The van der Waals surface area contributed by atoms with Crippen LogP contribution in [0, 0.1) is 5.92 Å². The van der Waals surface area contributed by atoms with Crippen molar-refractivity contribution in [3.8, 4) is 0 Å². The number of hydrogen-bond donors (Lipinski definition) is 3. The normalized spacial score (nSPS) is 15.5. The standard InChI is InChI=1S/C31H45N3O3S/c1-5-37-30(36)18-23(4)25-16-17-29(34(20-22(2)3)26-14-10-7-11-15-26)27(19-25)32-31(38)33-28(21-35)24-12-8-6-9-13-24/h6,8-9,12-13,16-17,19,22-23,26,28,35H,5,7,10-11,14-15,18,20-21H2,1-4H3,(H2,32,33,38)/t23?,28-/m0/s1. The van der Waals surface area contributed by atoms with Crippen LogP contribution in [0.4, 0.5) is 11.4 Å². The van der Waals surface area contributed by atoms with E-state index in [1.165, 1.54) is 32.1 Å². The number of carbonyl (C=O) groups excluding carboxylic acids is 1. The van der Waals surface area contributed by atoms with Crippen LogP contribution in [-0.2, 0) is 9.53 Å². The van der Waals surface area contributed by atoms with Gasteiger partial charge >= 0.3 is 5.97 Å². The van der Waals surface area contributed by atoms with Gasteiger partial charge in [-0.05, 0) is 67.1 Å². The first-order valence-corrected chi connectivity index (χ1v) is 14.5. The van der Waals surface area contributed by atoms with Crippen LogP contribution in [0.3, 0.4) is 0 Å². The van der Waals surface area contributed by atoms with Gasteiger partial charge in [0.05, 0.1) is 37.1 Å². The van der Waals surface area contributed by atoms with Gasteiger partial charge in [0.25, 0.3) is 0 Å². The van der Waals surface area contributed by atoms with Crippen molar-refractivity contribution < 1.29 is 14.6 Å². The fraction of sp³-hybridized carbons (Fsp3) is 0.548. The zero-order chi connectivity index (χ0) is 27.5. The maximum absolute atomic E-state index is 12.2. The van der Waals surface area contributed by atoms with Crippen LogP contribution in [0.5, 0.6) is 0 Å². The predicted octanol–water partition coefficient (Wildman–Crippen LogP) is 6.56. The Morgan fingerprint density at radius 3 is 2.42 bits per heavy atom. The van der Waals surface area contributed by atoms with Crippen LogP contribution >= 0.6 is 12.2 Å². The van der Waals surface area contributed by atoms with Crippen molar-refractivity contribution in [2.45, 2.75) is 84.2 Å². The third-order valence-electron chi connectivity index (χ3n) is 7.19. The van der Waals surface area contributed by atoms with Gasteiger partial charge in [0.15, 0.2) is 5.11 Å². The molecule has 208 valence electrons. The zero-order valence-corrected chi connectivity index (χ0v) is 24.2. The Morgan fingerprint density at radius 2 is 1.79 bits per heavy atom. The number of ether oxygens (including phenoxy) is 1. The summed E-state index contributed by atoms with van der Waals surface area (Å²) in [6, 6.07) is 16.4. The molecule has 0 radical (unpaired) electrons. The van der Waals surface area contributed by atoms with Crippen LogP contribution in [0.2, 0.25) is 0 Å². The molecule has 7 heteroatoms. The largest absolute Gasteiger partial charge is 0.466 e. The molecule has 1 saturated carbocycles. The number of benzene rings is 2. The fourth-order valence-corrected chi connectivity index (χ4v) is 5.52. The molecule has 0 heterocycles. The van der Waals surface area contributed by atoms with Crippen LogP contribution in [0.1, 0.15) is 89.3 Å². The van der Waals surface area contributed by atoms with Gasteiger partial charge in [-0.2, -0.15) is 0 Å². The van der Waals surface area contributed by atoms with E-state index in [4.69, 9.17) is 17.0 Å². The molecule has 0 saturated heterocycles. The van der Waals surface area contributed by atoms with Crippen LogP contribution in [-0.4, -0.2) is 42.0 Å². The smallest absolute Gasteiger partial charge is 0.306 e. The first-order chi connectivity index (χ1) is 18.3. The van der Waals surface area contributed by atoms with Crippen molar-refractivity contribution in [2.24, 2.45) is 5.92 Å². The lowest BCUT2D eigenvalue weighted by Crippen LogP contribution is -2.40. The number of rotatable bonds is 12. The third-order valence-corrected chi connectivity index (χ3v) is 7.41. The highest BCUT2D eigenvalue weighted by Gasteiger charge is 2.25. The minimum absolute atomic E-state index is 0.00733. The number of carbonyl (C=O) groups is 1. The molecule has 0 spiro atoms. The van der Waals surface area contributed by atoms with E-state index in [0.29, 0.717) is 30.1 Å². The average molecular weight is 540 g/mol. The van der Waals surface area contributed by atoms with Crippen molar-refractivity contribution in [1.82, 2.24) is 5.32 Å². The van der Waals surface area contributed by atoms with Gasteiger partial charge in [0, 0.05) is 12.6 Å². The second-order valence-corrected chi connectivity index (χ2v) is 11.2. The summed E-state index contributed by atoms with van der Waals surface area (Å²) >= 11 is 5.76. The number of aliphatic hydroxyl groups excluding tert-OH is 1. The molecule has 38 heavy (non-hydrogen) atoms. The summed E-state index contributed by atoms with van der Waals surface area (Å²) in [5.74, 6) is 0.329. The molecule has 1 fully saturated rings. The first-order valence-electron chi connectivity index (χ1n) is 14.1. The number of aliphatic hydroxyl groups is 1. The number of esters is 1. The van der Waals surface area contributed by atoms with Crippen LogP contribution in [0.25, 0.3) is 0 Å². The van der Waals surface area contributed by atoms with E-state index >= 15 is 0 Å². The highest BCUT2D eigenvalue weighted by atomic mass is 32.1. The quantitative estimate of drug-likeness (QED) is 0.208. The third kappa shape index (κ3) is 8.70. The Hall–Kier alpha value is -2.64. The van der Waals surface area contributed by atoms with E-state index in [1.54, 1.807) is 0 Å². The maximum atomic E-state index is 12.2. The summed E-state index contributed by atoms with van der Waals surface area (Å²) < 4.78 is 5.19. The van der Waals surface area contributed by atoms with E-state index in [1.807, 2.05) is 37.3 Å². The number of hydrogen-bond acceptors (Lipinski definition) is 5. The van der Waals surface area contributed by atoms with Crippen molar-refractivity contribution in [3.05, 3.63) is 59.7 Å². The van der Waals surface area contributed by atoms with Gasteiger partial charge in [-0.1, -0.05) is 76.4 Å². The Kier molecular flexibility index (Phi) is 11.9. The van der Waals surface area contributed by atoms with Crippen molar-refractivity contribution >= 4 is 34.7 Å². The lowest BCUT2D eigenvalue weighted by Gasteiger charge is -2.39. The minimum atomic E-state index is -0.310. The molecule has 3 N–H and O–H groups in total. The molecular formula is C31H45N3O3S. The first kappa shape index (κ1) is 29.9. The predicted molar refractivity (Wildman–Crippen MR) is 161 cm³/mol. The maximum Gasteiger partial charge on any atom is 0.306 e. The molecule has 0 aliphatic heterocycles. The van der Waals surface area contributed by atoms with Gasteiger partial charge in [-0.3, -0.25) is 4.79 Å². The SMILES string of the molecule is CCOC(=O)CC(C)c1ccc(N(CC(C)C)C2CCCCC2)c(NC(=S)N[C@@H](CO)c2ccccc2)c1. The van der Waals surface area contributed by atoms with Crippen molar-refractivity contribution in [3.63, 3.8) is 0 Å². The van der Waals surface area contributed by atoms with Gasteiger partial charge < -0.3 is 25.4 Å². The molecule has 0 amide bonds. The lowest BCUT2D eigenvalue weighted by atomic mass is 9.92. The highest BCUT2D eigenvalue weighted by molar-refractivity contribution is 7.80. The Morgan fingerprint density at radius 1 is 1.08 bits per heavy atom. The van der Waals surface area contributed by atoms with E-state index in [2.05, 4.69) is 54.5 Å². The van der Waals surface area contributed by atoms with Gasteiger partial charge in [-0.15, -0.1) is 0 Å². The molecule has 2 aromatic carbocycles. The molecule has 1 aliphatic rings. The molecule has 6 nitrogen and oxygen atoms in total. The second kappa shape index (κ2) is 15.1. The summed E-state index contributed by atoms with van der Waals surface area (Å²) in [7, 11) is 0. The lowest BCUT2D eigenvalue weighted by molar-refractivity contribution is -0.143. The molecule has 3 rings (SSSR count). The highest BCUT2D eigenvalue weighted by Crippen LogP contribution is 2.36. The Labute approximate surface area is 234 Å². The van der Waals surface area contributed by atoms with Crippen LogP contribution < -0.4 is 15.5 Å².